The molecule has 2 heterocycles. The lowest BCUT2D eigenvalue weighted by atomic mass is 9.92. The van der Waals surface area contributed by atoms with Crippen molar-refractivity contribution in [3.05, 3.63) is 113 Å². The molecule has 0 saturated carbocycles. The van der Waals surface area contributed by atoms with Crippen LogP contribution in [0.2, 0.25) is 0 Å². The van der Waals surface area contributed by atoms with Gasteiger partial charge in [0.25, 0.3) is 5.69 Å². The van der Waals surface area contributed by atoms with Gasteiger partial charge in [0, 0.05) is 50.3 Å². The van der Waals surface area contributed by atoms with Crippen molar-refractivity contribution in [2.45, 2.75) is 6.92 Å². The van der Waals surface area contributed by atoms with Gasteiger partial charge in [-0.3, -0.25) is 15.1 Å². The largest absolute Gasteiger partial charge is 0.270 e. The minimum atomic E-state index is -0.350. The highest BCUT2D eigenvalue weighted by atomic mass is 16.6. The molecular weight excluding hydrogens is 446 g/mol. The standard InChI is InChI=1S/C31H19N3O2/c1-18-27-28(21-9-6-10-22(17-21)34(35)36)25-15-13-19-7-2-4-11-23(19)29(25)33-31(27)26-16-14-20-8-3-5-12-24(20)30(26)32-18/h2-17H,1H3. The van der Waals surface area contributed by atoms with Crippen LogP contribution in [0.4, 0.5) is 5.69 Å². The zero-order chi connectivity index (χ0) is 24.4. The number of aryl methyl sites for hydroxylation is 1. The van der Waals surface area contributed by atoms with E-state index in [-0.39, 0.29) is 10.6 Å². The minimum absolute atomic E-state index is 0.0591. The molecule has 5 heteroatoms. The summed E-state index contributed by atoms with van der Waals surface area (Å²) in [7, 11) is 0. The molecule has 0 aliphatic heterocycles. The Kier molecular flexibility index (Phi) is 4.29. The Morgan fingerprint density at radius 1 is 0.639 bits per heavy atom. The number of nitro groups is 1. The van der Waals surface area contributed by atoms with Crippen molar-refractivity contribution in [3.8, 4) is 11.1 Å². The molecule has 7 rings (SSSR count). The number of pyridine rings is 2. The highest BCUT2D eigenvalue weighted by Crippen LogP contribution is 2.42. The second kappa shape index (κ2) is 7.55. The van der Waals surface area contributed by atoms with E-state index in [4.69, 9.17) is 9.97 Å². The third-order valence-electron chi connectivity index (χ3n) is 7.02. The van der Waals surface area contributed by atoms with E-state index in [1.807, 2.05) is 37.3 Å². The molecule has 170 valence electrons. The van der Waals surface area contributed by atoms with Gasteiger partial charge in [-0.2, -0.15) is 0 Å². The Balaban J connectivity index is 1.75. The van der Waals surface area contributed by atoms with E-state index < -0.39 is 0 Å². The van der Waals surface area contributed by atoms with E-state index >= 15 is 0 Å². The lowest BCUT2D eigenvalue weighted by molar-refractivity contribution is -0.384. The Hall–Kier alpha value is -4.90. The molecule has 0 bridgehead atoms. The van der Waals surface area contributed by atoms with Gasteiger partial charge < -0.3 is 0 Å². The van der Waals surface area contributed by atoms with Crippen LogP contribution in [0.25, 0.3) is 65.4 Å². The van der Waals surface area contributed by atoms with E-state index in [2.05, 4.69) is 48.5 Å². The summed E-state index contributed by atoms with van der Waals surface area (Å²) >= 11 is 0. The van der Waals surface area contributed by atoms with Gasteiger partial charge in [0.2, 0.25) is 0 Å². The molecule has 5 nitrogen and oxygen atoms in total. The fourth-order valence-corrected chi connectivity index (χ4v) is 5.41. The van der Waals surface area contributed by atoms with Crippen LogP contribution in [-0.2, 0) is 0 Å². The van der Waals surface area contributed by atoms with Crippen molar-refractivity contribution >= 4 is 59.9 Å². The second-order valence-corrected chi connectivity index (χ2v) is 9.08. The molecule has 7 aromatic rings. The van der Waals surface area contributed by atoms with Crippen LogP contribution in [0, 0.1) is 17.0 Å². The molecule has 0 unspecified atom stereocenters. The van der Waals surface area contributed by atoms with Gasteiger partial charge in [-0.1, -0.05) is 78.9 Å². The molecule has 0 N–H and O–H groups in total. The zero-order valence-electron chi connectivity index (χ0n) is 19.4. The highest BCUT2D eigenvalue weighted by molar-refractivity contribution is 6.23. The van der Waals surface area contributed by atoms with Gasteiger partial charge in [-0.05, 0) is 29.3 Å². The van der Waals surface area contributed by atoms with Crippen LogP contribution < -0.4 is 0 Å². The summed E-state index contributed by atoms with van der Waals surface area (Å²) in [5, 5.41) is 18.8. The third kappa shape index (κ3) is 2.89. The first-order valence-electron chi connectivity index (χ1n) is 11.8. The Bertz CT molecular complexity index is 2050. The summed E-state index contributed by atoms with van der Waals surface area (Å²) in [6, 6.07) is 31.6. The van der Waals surface area contributed by atoms with Crippen molar-refractivity contribution in [3.63, 3.8) is 0 Å². The van der Waals surface area contributed by atoms with Crippen LogP contribution in [0.5, 0.6) is 0 Å². The monoisotopic (exact) mass is 465 g/mol. The molecule has 0 aliphatic rings. The number of fused-ring (bicyclic) bond motifs is 8. The molecule has 0 saturated heterocycles. The van der Waals surface area contributed by atoms with E-state index in [0.717, 1.165) is 71.1 Å². The van der Waals surface area contributed by atoms with E-state index in [0.29, 0.717) is 0 Å². The summed E-state index contributed by atoms with van der Waals surface area (Å²) in [4.78, 5) is 21.6. The van der Waals surface area contributed by atoms with Crippen molar-refractivity contribution in [2.24, 2.45) is 0 Å². The quantitative estimate of drug-likeness (QED) is 0.112. The zero-order valence-corrected chi connectivity index (χ0v) is 19.4. The average molecular weight is 466 g/mol. The molecule has 0 aliphatic carbocycles. The topological polar surface area (TPSA) is 68.9 Å². The lowest BCUT2D eigenvalue weighted by Gasteiger charge is -2.16. The summed E-state index contributed by atoms with van der Waals surface area (Å²) in [5.41, 5.74) is 5.25. The Morgan fingerprint density at radius 2 is 1.28 bits per heavy atom. The SMILES string of the molecule is Cc1nc2c3ccccc3ccc2c2nc3c(ccc4ccccc43)c(-c3cccc([N+](=O)[O-])c3)c12. The number of nitro benzene ring substituents is 1. The van der Waals surface area contributed by atoms with Gasteiger partial charge in [0.1, 0.15) is 0 Å². The highest BCUT2D eigenvalue weighted by Gasteiger charge is 2.20. The molecule has 0 fully saturated rings. The maximum atomic E-state index is 11.6. The first kappa shape index (κ1) is 20.5. The Labute approximate surface area is 205 Å². The van der Waals surface area contributed by atoms with Gasteiger partial charge in [-0.15, -0.1) is 0 Å². The van der Waals surface area contributed by atoms with Crippen LogP contribution in [-0.4, -0.2) is 14.9 Å². The van der Waals surface area contributed by atoms with Crippen LogP contribution >= 0.6 is 0 Å². The fraction of sp³-hybridized carbons (Fsp3) is 0.0323. The maximum absolute atomic E-state index is 11.6. The van der Waals surface area contributed by atoms with E-state index in [1.165, 1.54) is 6.07 Å². The van der Waals surface area contributed by atoms with Gasteiger partial charge in [0.05, 0.1) is 21.5 Å². The molecule has 5 aromatic carbocycles. The number of non-ortho nitro benzene ring substituents is 1. The third-order valence-corrected chi connectivity index (χ3v) is 7.02. The average Bonchev–Trinajstić information content (AvgIpc) is 2.92. The van der Waals surface area contributed by atoms with Gasteiger partial charge in [-0.25, -0.2) is 4.98 Å². The number of aromatic nitrogens is 2. The maximum Gasteiger partial charge on any atom is 0.270 e. The van der Waals surface area contributed by atoms with E-state index in [9.17, 15) is 10.1 Å². The van der Waals surface area contributed by atoms with Crippen molar-refractivity contribution < 1.29 is 4.92 Å². The number of hydrogen-bond acceptors (Lipinski definition) is 4. The van der Waals surface area contributed by atoms with Crippen molar-refractivity contribution in [1.29, 1.82) is 0 Å². The summed E-state index contributed by atoms with van der Waals surface area (Å²) in [6.07, 6.45) is 0. The normalized spacial score (nSPS) is 11.7. The molecule has 0 spiro atoms. The smallest absolute Gasteiger partial charge is 0.258 e. The number of hydrogen-bond donors (Lipinski definition) is 0. The molecule has 36 heavy (non-hydrogen) atoms. The van der Waals surface area contributed by atoms with Gasteiger partial charge in [0.15, 0.2) is 0 Å². The first-order chi connectivity index (χ1) is 17.6. The predicted molar refractivity (Wildman–Crippen MR) is 146 cm³/mol. The number of benzene rings is 5. The Morgan fingerprint density at radius 3 is 1.97 bits per heavy atom. The first-order valence-corrected chi connectivity index (χ1v) is 11.8. The van der Waals surface area contributed by atoms with Crippen LogP contribution in [0.3, 0.4) is 0 Å². The summed E-state index contributed by atoms with van der Waals surface area (Å²) in [6.45, 7) is 2.00. The number of rotatable bonds is 2. The fourth-order valence-electron chi connectivity index (χ4n) is 5.41. The molecule has 0 amide bonds. The molecule has 0 radical (unpaired) electrons. The van der Waals surface area contributed by atoms with Crippen molar-refractivity contribution in [2.75, 3.05) is 0 Å². The molecule has 2 aromatic heterocycles. The van der Waals surface area contributed by atoms with Crippen LogP contribution in [0.1, 0.15) is 5.69 Å². The number of nitrogens with zero attached hydrogens (tertiary/aromatic N) is 3. The second-order valence-electron chi connectivity index (χ2n) is 9.08. The summed E-state index contributed by atoms with van der Waals surface area (Å²) in [5.74, 6) is 0. The summed E-state index contributed by atoms with van der Waals surface area (Å²) < 4.78 is 0. The van der Waals surface area contributed by atoms with Gasteiger partial charge >= 0.3 is 0 Å². The minimum Gasteiger partial charge on any atom is -0.258 e. The lowest BCUT2D eigenvalue weighted by Crippen LogP contribution is -1.97. The van der Waals surface area contributed by atoms with Crippen molar-refractivity contribution in [1.82, 2.24) is 9.97 Å². The predicted octanol–water partition coefficient (Wildman–Crippen LogP) is 8.13. The van der Waals surface area contributed by atoms with Crippen LogP contribution in [0.15, 0.2) is 97.1 Å². The molecule has 0 atom stereocenters. The van der Waals surface area contributed by atoms with E-state index in [1.54, 1.807) is 12.1 Å². The molecular formula is C31H19N3O2.